The van der Waals surface area contributed by atoms with Gasteiger partial charge in [-0.1, -0.05) is 18.2 Å². The van der Waals surface area contributed by atoms with Gasteiger partial charge >= 0.3 is 0 Å². The Morgan fingerprint density at radius 3 is 3.00 bits per heavy atom. The van der Waals surface area contributed by atoms with Gasteiger partial charge in [-0.3, -0.25) is 4.79 Å². The highest BCUT2D eigenvalue weighted by molar-refractivity contribution is 6.12. The lowest BCUT2D eigenvalue weighted by atomic mass is 9.84. The van der Waals surface area contributed by atoms with Crippen molar-refractivity contribution in [3.63, 3.8) is 0 Å². The number of aliphatic hydroxyl groups is 1. The lowest BCUT2D eigenvalue weighted by Crippen LogP contribution is -2.27. The summed E-state index contributed by atoms with van der Waals surface area (Å²) in [6.45, 7) is 3.46. The number of hydrogen-bond donors (Lipinski definition) is 1. The molecule has 1 aliphatic carbocycles. The van der Waals surface area contributed by atoms with Gasteiger partial charge in [-0.05, 0) is 26.2 Å². The van der Waals surface area contributed by atoms with E-state index in [4.69, 9.17) is 0 Å². The highest BCUT2D eigenvalue weighted by Gasteiger charge is 2.35. The van der Waals surface area contributed by atoms with E-state index in [1.54, 1.807) is 6.20 Å². The molecule has 0 spiro atoms. The first-order valence-corrected chi connectivity index (χ1v) is 8.99. The lowest BCUT2D eigenvalue weighted by Gasteiger charge is -2.25. The molecule has 0 saturated carbocycles. The van der Waals surface area contributed by atoms with E-state index in [-0.39, 0.29) is 11.7 Å². The molecule has 0 bridgehead atoms. The summed E-state index contributed by atoms with van der Waals surface area (Å²) in [5.41, 5.74) is 4.09. The van der Waals surface area contributed by atoms with Crippen molar-refractivity contribution in [2.75, 3.05) is 0 Å². The first-order valence-electron chi connectivity index (χ1n) is 8.99. The normalized spacial score (nSPS) is 22.4. The Morgan fingerprint density at radius 2 is 2.20 bits per heavy atom. The fraction of sp³-hybridized carbons (Fsp3) is 0.400. The standard InChI is InChI=1S/C20H21N3O2/c1-12-21-8-10-22(12)11-13-5-6-16-18(20(13)25)15-4-2-3-14-17(24)7-9-23(16)19(14)15/h2-4,8,10,13,17,24H,5-7,9,11H2,1H3/t13-,17+/m1/s1. The second-order valence-electron chi connectivity index (χ2n) is 7.25. The Morgan fingerprint density at radius 1 is 1.32 bits per heavy atom. The fourth-order valence-electron chi connectivity index (χ4n) is 4.60. The first kappa shape index (κ1) is 14.9. The van der Waals surface area contributed by atoms with Crippen molar-refractivity contribution in [1.82, 2.24) is 14.1 Å². The van der Waals surface area contributed by atoms with Crippen LogP contribution in [0, 0.1) is 12.8 Å². The Kier molecular flexibility index (Phi) is 3.16. The maximum absolute atomic E-state index is 13.3. The smallest absolute Gasteiger partial charge is 0.170 e. The third-order valence-electron chi connectivity index (χ3n) is 5.89. The molecule has 128 valence electrons. The number of hydrogen-bond acceptors (Lipinski definition) is 3. The van der Waals surface area contributed by atoms with Crippen LogP contribution in [0.4, 0.5) is 0 Å². The molecule has 2 atom stereocenters. The van der Waals surface area contributed by atoms with Crippen LogP contribution in [0.25, 0.3) is 10.9 Å². The van der Waals surface area contributed by atoms with Crippen molar-refractivity contribution < 1.29 is 9.90 Å². The summed E-state index contributed by atoms with van der Waals surface area (Å²) in [6.07, 6.45) is 5.83. The van der Waals surface area contributed by atoms with E-state index in [0.717, 1.165) is 59.4 Å². The number of imidazole rings is 1. The summed E-state index contributed by atoms with van der Waals surface area (Å²) in [4.78, 5) is 17.6. The predicted octanol–water partition coefficient (Wildman–Crippen LogP) is 3.03. The van der Waals surface area contributed by atoms with E-state index in [9.17, 15) is 9.90 Å². The van der Waals surface area contributed by atoms with Crippen LogP contribution < -0.4 is 0 Å². The zero-order valence-corrected chi connectivity index (χ0v) is 14.3. The molecule has 2 aromatic heterocycles. The minimum atomic E-state index is -0.424. The molecule has 2 aliphatic rings. The summed E-state index contributed by atoms with van der Waals surface area (Å²) in [5, 5.41) is 11.4. The van der Waals surface area contributed by atoms with Gasteiger partial charge in [0.1, 0.15) is 5.82 Å². The van der Waals surface area contributed by atoms with Crippen molar-refractivity contribution in [3.8, 4) is 0 Å². The van der Waals surface area contributed by atoms with Crippen LogP contribution in [-0.2, 0) is 19.5 Å². The number of carbonyl (C=O) groups is 1. The summed E-state index contributed by atoms with van der Waals surface area (Å²) in [6, 6.07) is 5.99. The van der Waals surface area contributed by atoms with E-state index in [2.05, 4.69) is 14.1 Å². The van der Waals surface area contributed by atoms with Crippen molar-refractivity contribution in [1.29, 1.82) is 0 Å². The molecular formula is C20H21N3O2. The zero-order valence-electron chi connectivity index (χ0n) is 14.3. The van der Waals surface area contributed by atoms with E-state index in [1.807, 2.05) is 31.3 Å². The molecular weight excluding hydrogens is 314 g/mol. The Bertz CT molecular complexity index is 998. The second kappa shape index (κ2) is 5.30. The number of aliphatic hydroxyl groups excluding tert-OH is 1. The predicted molar refractivity (Wildman–Crippen MR) is 94.6 cm³/mol. The van der Waals surface area contributed by atoms with E-state index < -0.39 is 6.10 Å². The molecule has 0 radical (unpaired) electrons. The van der Waals surface area contributed by atoms with Gasteiger partial charge in [0, 0.05) is 53.6 Å². The topological polar surface area (TPSA) is 60.1 Å². The maximum Gasteiger partial charge on any atom is 0.170 e. The number of nitrogens with zero attached hydrogens (tertiary/aromatic N) is 3. The number of Topliss-reactive ketones (excluding diaryl/α,β-unsaturated/α-hetero) is 1. The lowest BCUT2D eigenvalue weighted by molar-refractivity contribution is 0.0887. The van der Waals surface area contributed by atoms with Crippen LogP contribution >= 0.6 is 0 Å². The summed E-state index contributed by atoms with van der Waals surface area (Å²) < 4.78 is 4.35. The minimum absolute atomic E-state index is 0.00576. The van der Waals surface area contributed by atoms with Crippen molar-refractivity contribution in [3.05, 3.63) is 53.2 Å². The monoisotopic (exact) mass is 335 g/mol. The number of para-hydroxylation sites is 1. The van der Waals surface area contributed by atoms with Gasteiger partial charge < -0.3 is 14.2 Å². The van der Waals surface area contributed by atoms with Gasteiger partial charge in [-0.15, -0.1) is 0 Å². The summed E-state index contributed by atoms with van der Waals surface area (Å²) in [5.74, 6) is 1.18. The molecule has 5 rings (SSSR count). The zero-order chi connectivity index (χ0) is 17.1. The molecule has 1 N–H and O–H groups in total. The summed E-state index contributed by atoms with van der Waals surface area (Å²) in [7, 11) is 0. The Labute approximate surface area is 145 Å². The van der Waals surface area contributed by atoms with Crippen molar-refractivity contribution in [2.24, 2.45) is 5.92 Å². The quantitative estimate of drug-likeness (QED) is 0.783. The van der Waals surface area contributed by atoms with Crippen LogP contribution in [0.2, 0.25) is 0 Å². The second-order valence-corrected chi connectivity index (χ2v) is 7.25. The van der Waals surface area contributed by atoms with E-state index >= 15 is 0 Å². The van der Waals surface area contributed by atoms with Crippen molar-refractivity contribution >= 4 is 16.7 Å². The van der Waals surface area contributed by atoms with E-state index in [1.165, 1.54) is 0 Å². The molecule has 0 amide bonds. The molecule has 3 aromatic rings. The molecule has 0 saturated heterocycles. The largest absolute Gasteiger partial charge is 0.388 e. The number of fused-ring (bicyclic) bond motifs is 3. The Balaban J connectivity index is 1.63. The molecule has 3 heterocycles. The maximum atomic E-state index is 13.3. The van der Waals surface area contributed by atoms with Crippen LogP contribution in [0.1, 0.15) is 46.4 Å². The number of rotatable bonds is 2. The van der Waals surface area contributed by atoms with Crippen molar-refractivity contribution in [2.45, 2.75) is 45.4 Å². The summed E-state index contributed by atoms with van der Waals surface area (Å²) >= 11 is 0. The number of carbonyl (C=O) groups excluding carboxylic acids is 1. The first-order chi connectivity index (χ1) is 12.1. The number of aryl methyl sites for hydroxylation is 2. The van der Waals surface area contributed by atoms with Gasteiger partial charge in [0.05, 0.1) is 11.6 Å². The molecule has 0 fully saturated rings. The Hall–Kier alpha value is -2.40. The molecule has 0 unspecified atom stereocenters. The molecule has 25 heavy (non-hydrogen) atoms. The minimum Gasteiger partial charge on any atom is -0.388 e. The SMILES string of the molecule is Cc1nccn1C[C@H]1CCc2c(c3cccc4c3n2CC[C@@H]4O)C1=O. The molecule has 5 heteroatoms. The third kappa shape index (κ3) is 2.05. The van der Waals surface area contributed by atoms with Gasteiger partial charge in [0.15, 0.2) is 5.78 Å². The number of ketones is 1. The highest BCUT2D eigenvalue weighted by Crippen LogP contribution is 2.40. The third-order valence-corrected chi connectivity index (χ3v) is 5.89. The fourth-order valence-corrected chi connectivity index (χ4v) is 4.60. The highest BCUT2D eigenvalue weighted by atomic mass is 16.3. The van der Waals surface area contributed by atoms with Crippen LogP contribution in [0.5, 0.6) is 0 Å². The number of aromatic nitrogens is 3. The molecule has 5 nitrogen and oxygen atoms in total. The average molecular weight is 335 g/mol. The van der Waals surface area contributed by atoms with Gasteiger partial charge in [-0.2, -0.15) is 0 Å². The average Bonchev–Trinajstić information content (AvgIpc) is 3.16. The van der Waals surface area contributed by atoms with E-state index in [0.29, 0.717) is 6.54 Å². The van der Waals surface area contributed by atoms with Gasteiger partial charge in [-0.25, -0.2) is 4.98 Å². The van der Waals surface area contributed by atoms with Crippen LogP contribution in [0.3, 0.4) is 0 Å². The number of benzene rings is 1. The van der Waals surface area contributed by atoms with Gasteiger partial charge in [0.25, 0.3) is 0 Å². The molecule has 1 aromatic carbocycles. The van der Waals surface area contributed by atoms with Crippen LogP contribution in [0.15, 0.2) is 30.6 Å². The van der Waals surface area contributed by atoms with Crippen LogP contribution in [-0.4, -0.2) is 25.0 Å². The molecule has 1 aliphatic heterocycles. The van der Waals surface area contributed by atoms with Gasteiger partial charge in [0.2, 0.25) is 0 Å².